The molecule has 0 radical (unpaired) electrons. The van der Waals surface area contributed by atoms with Crippen LogP contribution >= 0.6 is 11.6 Å². The Kier molecular flexibility index (Phi) is 7.94. The Morgan fingerprint density at radius 3 is 2.25 bits per heavy atom. The van der Waals surface area contributed by atoms with Gasteiger partial charge in [0.1, 0.15) is 23.7 Å². The fraction of sp³-hybridized carbons (Fsp3) is 0.0938. The van der Waals surface area contributed by atoms with Gasteiger partial charge in [-0.1, -0.05) is 66.2 Å². The number of carbonyl (C=O) groups is 3. The van der Waals surface area contributed by atoms with Crippen molar-refractivity contribution in [3.63, 3.8) is 0 Å². The molecule has 7 nitrogen and oxygen atoms in total. The number of ether oxygens (including phenoxy) is 2. The number of halogens is 1. The van der Waals surface area contributed by atoms with Crippen LogP contribution in [-0.4, -0.2) is 25.0 Å². The predicted molar refractivity (Wildman–Crippen MR) is 153 cm³/mol. The van der Waals surface area contributed by atoms with Crippen LogP contribution in [0.1, 0.15) is 22.3 Å². The number of benzene rings is 4. The second-order valence-electron chi connectivity index (χ2n) is 9.06. The van der Waals surface area contributed by atoms with E-state index in [0.717, 1.165) is 21.6 Å². The lowest BCUT2D eigenvalue weighted by molar-refractivity contribution is -0.122. The minimum atomic E-state index is -0.823. The second kappa shape index (κ2) is 11.9. The summed E-state index contributed by atoms with van der Waals surface area (Å²) in [5.74, 6) is -0.304. The Hall–Kier alpha value is -4.88. The van der Waals surface area contributed by atoms with Crippen LogP contribution in [0.2, 0.25) is 5.02 Å². The first-order chi connectivity index (χ1) is 19.4. The molecule has 4 amide bonds. The first-order valence-corrected chi connectivity index (χ1v) is 12.9. The molecule has 0 aromatic heterocycles. The lowest BCUT2D eigenvalue weighted by Crippen LogP contribution is -2.54. The van der Waals surface area contributed by atoms with Crippen LogP contribution < -0.4 is 19.7 Å². The van der Waals surface area contributed by atoms with Crippen molar-refractivity contribution in [1.82, 2.24) is 5.32 Å². The Morgan fingerprint density at radius 2 is 1.52 bits per heavy atom. The average molecular weight is 553 g/mol. The van der Waals surface area contributed by atoms with Crippen LogP contribution in [0.5, 0.6) is 11.5 Å². The summed E-state index contributed by atoms with van der Waals surface area (Å²) in [4.78, 5) is 40.0. The van der Waals surface area contributed by atoms with Gasteiger partial charge in [-0.3, -0.25) is 14.9 Å². The van der Waals surface area contributed by atoms with E-state index in [0.29, 0.717) is 40.8 Å². The number of carbonyl (C=O) groups excluding carboxylic acids is 3. The van der Waals surface area contributed by atoms with Gasteiger partial charge in [-0.15, -0.1) is 0 Å². The average Bonchev–Trinajstić information content (AvgIpc) is 2.97. The van der Waals surface area contributed by atoms with Crippen molar-refractivity contribution in [2.24, 2.45) is 0 Å². The fourth-order valence-corrected chi connectivity index (χ4v) is 4.53. The first kappa shape index (κ1) is 26.7. The molecule has 0 aliphatic carbocycles. The third kappa shape index (κ3) is 5.90. The zero-order chi connectivity index (χ0) is 28.1. The fourth-order valence-electron chi connectivity index (χ4n) is 4.33. The summed E-state index contributed by atoms with van der Waals surface area (Å²) in [6.45, 7) is 0.378. The highest BCUT2D eigenvalue weighted by atomic mass is 35.5. The standard InChI is InChI=1S/C32H25ClN2O5/c1-39-27-14-11-22(24(18-27)17-23-9-5-6-10-29(23)33)19-28-30(36)34-32(38)35(31(28)37)25-12-15-26(16-13-25)40-20-21-7-3-2-4-8-21/h2-16,18-19H,17,20H2,1H3,(H,34,36,38)/b28-19+. The molecule has 40 heavy (non-hydrogen) atoms. The summed E-state index contributed by atoms with van der Waals surface area (Å²) in [7, 11) is 1.56. The maximum Gasteiger partial charge on any atom is 0.335 e. The van der Waals surface area contributed by atoms with Gasteiger partial charge >= 0.3 is 6.03 Å². The Bertz CT molecular complexity index is 1600. The molecule has 0 spiro atoms. The van der Waals surface area contributed by atoms with Gasteiger partial charge in [0.15, 0.2) is 0 Å². The topological polar surface area (TPSA) is 84.9 Å². The molecule has 0 unspecified atom stereocenters. The Balaban J connectivity index is 1.41. The van der Waals surface area contributed by atoms with Crippen LogP contribution in [0.25, 0.3) is 6.08 Å². The number of barbiturate groups is 1. The van der Waals surface area contributed by atoms with Gasteiger partial charge in [-0.25, -0.2) is 9.69 Å². The number of nitrogens with one attached hydrogen (secondary N) is 1. The minimum absolute atomic E-state index is 0.172. The van der Waals surface area contributed by atoms with E-state index in [-0.39, 0.29) is 5.57 Å². The molecule has 1 N–H and O–H groups in total. The van der Waals surface area contributed by atoms with Crippen LogP contribution in [-0.2, 0) is 22.6 Å². The lowest BCUT2D eigenvalue weighted by atomic mass is 9.97. The molecule has 1 aliphatic rings. The van der Waals surface area contributed by atoms with Gasteiger partial charge in [0.2, 0.25) is 0 Å². The van der Waals surface area contributed by atoms with Crippen molar-refractivity contribution in [3.8, 4) is 11.5 Å². The first-order valence-electron chi connectivity index (χ1n) is 12.5. The lowest BCUT2D eigenvalue weighted by Gasteiger charge is -2.26. The van der Waals surface area contributed by atoms with E-state index < -0.39 is 17.8 Å². The number of hydrogen-bond acceptors (Lipinski definition) is 5. The second-order valence-corrected chi connectivity index (χ2v) is 9.47. The van der Waals surface area contributed by atoms with Crippen molar-refractivity contribution < 1.29 is 23.9 Å². The molecule has 4 aromatic rings. The Morgan fingerprint density at radius 1 is 0.825 bits per heavy atom. The highest BCUT2D eigenvalue weighted by molar-refractivity contribution is 6.39. The van der Waals surface area contributed by atoms with Crippen LogP contribution in [0.3, 0.4) is 0 Å². The molecule has 1 aliphatic heterocycles. The van der Waals surface area contributed by atoms with Crippen molar-refractivity contribution in [2.45, 2.75) is 13.0 Å². The van der Waals surface area contributed by atoms with Gasteiger partial charge in [0.25, 0.3) is 11.8 Å². The van der Waals surface area contributed by atoms with E-state index in [2.05, 4.69) is 5.32 Å². The normalized spacial score (nSPS) is 14.3. The third-order valence-corrected chi connectivity index (χ3v) is 6.80. The summed E-state index contributed by atoms with van der Waals surface area (Å²) >= 11 is 6.39. The summed E-state index contributed by atoms with van der Waals surface area (Å²) in [5, 5.41) is 2.87. The Labute approximate surface area is 236 Å². The SMILES string of the molecule is COc1ccc(/C=C2\C(=O)NC(=O)N(c3ccc(OCc4ccccc4)cc3)C2=O)c(Cc2ccccc2Cl)c1. The van der Waals surface area contributed by atoms with E-state index in [9.17, 15) is 14.4 Å². The molecular weight excluding hydrogens is 528 g/mol. The summed E-state index contributed by atoms with van der Waals surface area (Å²) in [5.41, 5.74) is 3.44. The van der Waals surface area contributed by atoms with Crippen LogP contribution in [0, 0.1) is 0 Å². The monoisotopic (exact) mass is 552 g/mol. The van der Waals surface area contributed by atoms with Crippen molar-refractivity contribution in [3.05, 3.63) is 130 Å². The van der Waals surface area contributed by atoms with Gasteiger partial charge < -0.3 is 9.47 Å². The number of urea groups is 1. The van der Waals surface area contributed by atoms with Gasteiger partial charge in [0, 0.05) is 5.02 Å². The molecule has 1 heterocycles. The molecule has 4 aromatic carbocycles. The zero-order valence-corrected chi connectivity index (χ0v) is 22.4. The quantitative estimate of drug-likeness (QED) is 0.208. The van der Waals surface area contributed by atoms with Gasteiger partial charge in [0.05, 0.1) is 12.8 Å². The van der Waals surface area contributed by atoms with E-state index >= 15 is 0 Å². The molecule has 8 heteroatoms. The smallest absolute Gasteiger partial charge is 0.335 e. The number of amides is 4. The van der Waals surface area contributed by atoms with Gasteiger partial charge in [-0.05, 0) is 77.2 Å². The van der Waals surface area contributed by atoms with Crippen molar-refractivity contribution >= 4 is 41.2 Å². The van der Waals surface area contributed by atoms with Crippen LogP contribution in [0.15, 0.2) is 103 Å². The molecular formula is C32H25ClN2O5. The molecule has 0 bridgehead atoms. The summed E-state index contributed by atoms with van der Waals surface area (Å²) < 4.78 is 11.2. The van der Waals surface area contributed by atoms with E-state index in [1.807, 2.05) is 54.6 Å². The largest absolute Gasteiger partial charge is 0.497 e. The van der Waals surface area contributed by atoms with E-state index in [1.165, 1.54) is 6.08 Å². The molecule has 1 fully saturated rings. The van der Waals surface area contributed by atoms with Crippen molar-refractivity contribution in [2.75, 3.05) is 12.0 Å². The maximum atomic E-state index is 13.5. The summed E-state index contributed by atoms with van der Waals surface area (Å²) in [6, 6.07) is 28.2. The number of anilines is 1. The number of rotatable bonds is 8. The van der Waals surface area contributed by atoms with Crippen molar-refractivity contribution in [1.29, 1.82) is 0 Å². The number of methoxy groups -OCH3 is 1. The number of hydrogen-bond donors (Lipinski definition) is 1. The molecule has 0 atom stereocenters. The molecule has 1 saturated heterocycles. The van der Waals surface area contributed by atoms with E-state index in [4.69, 9.17) is 21.1 Å². The minimum Gasteiger partial charge on any atom is -0.497 e. The van der Waals surface area contributed by atoms with Crippen LogP contribution in [0.4, 0.5) is 10.5 Å². The van der Waals surface area contributed by atoms with Gasteiger partial charge in [-0.2, -0.15) is 0 Å². The number of imide groups is 2. The maximum absolute atomic E-state index is 13.5. The zero-order valence-electron chi connectivity index (χ0n) is 21.6. The molecule has 0 saturated carbocycles. The van der Waals surface area contributed by atoms with E-state index in [1.54, 1.807) is 49.6 Å². The molecule has 200 valence electrons. The highest BCUT2D eigenvalue weighted by Gasteiger charge is 2.37. The molecule has 5 rings (SSSR count). The summed E-state index contributed by atoms with van der Waals surface area (Å²) in [6.07, 6.45) is 1.93. The number of nitrogens with zero attached hydrogens (tertiary/aromatic N) is 1. The highest BCUT2D eigenvalue weighted by Crippen LogP contribution is 2.28. The predicted octanol–water partition coefficient (Wildman–Crippen LogP) is 6.18. The third-order valence-electron chi connectivity index (χ3n) is 6.43.